The van der Waals surface area contributed by atoms with Gasteiger partial charge in [-0.1, -0.05) is 39.2 Å². The van der Waals surface area contributed by atoms with E-state index in [4.69, 9.17) is 4.74 Å². The van der Waals surface area contributed by atoms with Gasteiger partial charge in [0.1, 0.15) is 0 Å². The van der Waals surface area contributed by atoms with Crippen LogP contribution in [-0.2, 0) is 4.74 Å². The van der Waals surface area contributed by atoms with Crippen molar-refractivity contribution in [1.29, 1.82) is 0 Å². The molecule has 66 valence electrons. The van der Waals surface area contributed by atoms with Gasteiger partial charge in [0.2, 0.25) is 0 Å². The van der Waals surface area contributed by atoms with E-state index in [1.807, 2.05) is 13.8 Å². The monoisotopic (exact) mass is 156 g/mol. The molecule has 0 aromatic carbocycles. The normalized spacial score (nSPS) is 13.3. The SMILES string of the molecule is C1CCOC1.C=CC=C.CC. The second-order valence-electron chi connectivity index (χ2n) is 1.79. The summed E-state index contributed by atoms with van der Waals surface area (Å²) in [5, 5.41) is 0. The van der Waals surface area contributed by atoms with Crippen LogP contribution in [-0.4, -0.2) is 13.2 Å². The molecule has 1 aliphatic rings. The van der Waals surface area contributed by atoms with E-state index in [9.17, 15) is 0 Å². The Morgan fingerprint density at radius 3 is 1.45 bits per heavy atom. The Morgan fingerprint density at radius 2 is 1.36 bits per heavy atom. The number of rotatable bonds is 1. The van der Waals surface area contributed by atoms with Crippen molar-refractivity contribution in [3.63, 3.8) is 0 Å². The van der Waals surface area contributed by atoms with Gasteiger partial charge >= 0.3 is 0 Å². The molecule has 11 heavy (non-hydrogen) atoms. The van der Waals surface area contributed by atoms with Gasteiger partial charge in [0.15, 0.2) is 0 Å². The summed E-state index contributed by atoms with van der Waals surface area (Å²) in [6.07, 6.45) is 5.83. The fraction of sp³-hybridized carbons (Fsp3) is 0.600. The van der Waals surface area contributed by atoms with Crippen molar-refractivity contribution >= 4 is 0 Å². The first-order valence-electron chi connectivity index (χ1n) is 4.23. The van der Waals surface area contributed by atoms with Crippen molar-refractivity contribution in [1.82, 2.24) is 0 Å². The Bertz CT molecular complexity index is 59.3. The molecule has 1 fully saturated rings. The molecule has 0 atom stereocenters. The lowest BCUT2D eigenvalue weighted by molar-refractivity contribution is 0.198. The molecule has 0 aliphatic carbocycles. The van der Waals surface area contributed by atoms with Gasteiger partial charge in [0, 0.05) is 13.2 Å². The second-order valence-corrected chi connectivity index (χ2v) is 1.79. The minimum Gasteiger partial charge on any atom is -0.381 e. The number of hydrogen-bond donors (Lipinski definition) is 0. The molecule has 0 saturated carbocycles. The first kappa shape index (κ1) is 13.1. The van der Waals surface area contributed by atoms with Crippen LogP contribution in [0, 0.1) is 0 Å². The Hall–Kier alpha value is -0.560. The van der Waals surface area contributed by atoms with E-state index in [1.54, 1.807) is 12.2 Å². The van der Waals surface area contributed by atoms with Gasteiger partial charge in [0.25, 0.3) is 0 Å². The van der Waals surface area contributed by atoms with E-state index in [-0.39, 0.29) is 0 Å². The van der Waals surface area contributed by atoms with Gasteiger partial charge in [0.05, 0.1) is 0 Å². The molecule has 1 heteroatoms. The Labute approximate surface area is 70.8 Å². The van der Waals surface area contributed by atoms with Crippen molar-refractivity contribution in [2.24, 2.45) is 0 Å². The summed E-state index contributed by atoms with van der Waals surface area (Å²) in [7, 11) is 0. The molecule has 0 aromatic rings. The Kier molecular flexibility index (Phi) is 19.3. The van der Waals surface area contributed by atoms with E-state index < -0.39 is 0 Å². The lowest BCUT2D eigenvalue weighted by atomic mass is 10.4. The average Bonchev–Trinajstić information content (AvgIpc) is 2.65. The van der Waals surface area contributed by atoms with Crippen LogP contribution in [0.2, 0.25) is 0 Å². The summed E-state index contributed by atoms with van der Waals surface area (Å²) in [6, 6.07) is 0. The molecule has 1 heterocycles. The standard InChI is InChI=1S/C4H8O.C4H6.C2H6/c1-2-4-5-3-1;1-3-4-2;1-2/h1-4H2;3-4H,1-2H2;1-2H3. The lowest BCUT2D eigenvalue weighted by Crippen LogP contribution is -1.74. The van der Waals surface area contributed by atoms with Crippen LogP contribution in [0.15, 0.2) is 25.3 Å². The van der Waals surface area contributed by atoms with Crippen LogP contribution in [0.25, 0.3) is 0 Å². The maximum absolute atomic E-state index is 4.94. The van der Waals surface area contributed by atoms with E-state index in [2.05, 4.69) is 13.2 Å². The van der Waals surface area contributed by atoms with Crippen molar-refractivity contribution in [2.45, 2.75) is 26.7 Å². The topological polar surface area (TPSA) is 9.23 Å². The molecular weight excluding hydrogens is 136 g/mol. The molecular formula is C10H20O. The van der Waals surface area contributed by atoms with Crippen LogP contribution < -0.4 is 0 Å². The van der Waals surface area contributed by atoms with Gasteiger partial charge < -0.3 is 4.74 Å². The van der Waals surface area contributed by atoms with Crippen molar-refractivity contribution in [2.75, 3.05) is 13.2 Å². The smallest absolute Gasteiger partial charge is 0.0466 e. The van der Waals surface area contributed by atoms with Crippen LogP contribution in [0.4, 0.5) is 0 Å². The third kappa shape index (κ3) is 17.7. The number of hydrogen-bond acceptors (Lipinski definition) is 1. The predicted octanol–water partition coefficient (Wildman–Crippen LogP) is 3.18. The molecule has 1 aliphatic heterocycles. The highest BCUT2D eigenvalue weighted by Gasteiger charge is 1.94. The molecule has 0 aromatic heterocycles. The van der Waals surface area contributed by atoms with Crippen molar-refractivity contribution in [3.05, 3.63) is 25.3 Å². The van der Waals surface area contributed by atoms with Crippen LogP contribution >= 0.6 is 0 Å². The predicted molar refractivity (Wildman–Crippen MR) is 51.8 cm³/mol. The maximum atomic E-state index is 4.94. The number of allylic oxidation sites excluding steroid dienone is 2. The molecule has 1 rings (SSSR count). The van der Waals surface area contributed by atoms with E-state index in [1.165, 1.54) is 12.8 Å². The minimum absolute atomic E-state index is 1.00. The largest absolute Gasteiger partial charge is 0.381 e. The molecule has 0 bridgehead atoms. The van der Waals surface area contributed by atoms with Crippen LogP contribution in [0.3, 0.4) is 0 Å². The molecule has 0 amide bonds. The summed E-state index contributed by atoms with van der Waals surface area (Å²) in [5.41, 5.74) is 0. The summed E-state index contributed by atoms with van der Waals surface area (Å²) in [6.45, 7) is 12.7. The highest BCUT2D eigenvalue weighted by molar-refractivity contribution is 4.88. The van der Waals surface area contributed by atoms with Crippen molar-refractivity contribution in [3.8, 4) is 0 Å². The number of ether oxygens (including phenoxy) is 1. The fourth-order valence-corrected chi connectivity index (χ4v) is 0.510. The molecule has 1 saturated heterocycles. The fourth-order valence-electron chi connectivity index (χ4n) is 0.510. The molecule has 0 radical (unpaired) electrons. The first-order chi connectivity index (χ1) is 5.41. The summed E-state index contributed by atoms with van der Waals surface area (Å²) in [4.78, 5) is 0. The minimum atomic E-state index is 1.00. The lowest BCUT2D eigenvalue weighted by Gasteiger charge is -1.76. The van der Waals surface area contributed by atoms with E-state index in [0.29, 0.717) is 0 Å². The molecule has 0 unspecified atom stereocenters. The van der Waals surface area contributed by atoms with Gasteiger partial charge in [-0.05, 0) is 12.8 Å². The third-order valence-corrected chi connectivity index (χ3v) is 0.994. The summed E-state index contributed by atoms with van der Waals surface area (Å²) < 4.78 is 4.94. The van der Waals surface area contributed by atoms with E-state index in [0.717, 1.165) is 13.2 Å². The Balaban J connectivity index is 0. The average molecular weight is 156 g/mol. The Morgan fingerprint density at radius 1 is 1.00 bits per heavy atom. The quantitative estimate of drug-likeness (QED) is 0.530. The molecule has 1 nitrogen and oxygen atoms in total. The molecule has 0 spiro atoms. The van der Waals surface area contributed by atoms with Gasteiger partial charge in [-0.3, -0.25) is 0 Å². The van der Waals surface area contributed by atoms with Gasteiger partial charge in [-0.25, -0.2) is 0 Å². The van der Waals surface area contributed by atoms with Crippen LogP contribution in [0.1, 0.15) is 26.7 Å². The van der Waals surface area contributed by atoms with E-state index >= 15 is 0 Å². The van der Waals surface area contributed by atoms with Crippen LogP contribution in [0.5, 0.6) is 0 Å². The van der Waals surface area contributed by atoms with Gasteiger partial charge in [-0.2, -0.15) is 0 Å². The summed E-state index contributed by atoms with van der Waals surface area (Å²) in [5.74, 6) is 0. The highest BCUT2D eigenvalue weighted by atomic mass is 16.5. The third-order valence-electron chi connectivity index (χ3n) is 0.994. The first-order valence-corrected chi connectivity index (χ1v) is 4.23. The zero-order valence-corrected chi connectivity index (χ0v) is 7.81. The zero-order chi connectivity index (χ0) is 8.95. The second kappa shape index (κ2) is 16.2. The zero-order valence-electron chi connectivity index (χ0n) is 7.81. The summed E-state index contributed by atoms with van der Waals surface area (Å²) >= 11 is 0. The van der Waals surface area contributed by atoms with Crippen molar-refractivity contribution < 1.29 is 4.74 Å². The highest BCUT2D eigenvalue weighted by Crippen LogP contribution is 1.98. The maximum Gasteiger partial charge on any atom is 0.0466 e. The van der Waals surface area contributed by atoms with Gasteiger partial charge in [-0.15, -0.1) is 0 Å². The molecule has 0 N–H and O–H groups in total.